The number of hydrogen-bond donors (Lipinski definition) is 1. The van der Waals surface area contributed by atoms with Gasteiger partial charge in [0.15, 0.2) is 0 Å². The summed E-state index contributed by atoms with van der Waals surface area (Å²) < 4.78 is 1.66. The Kier molecular flexibility index (Phi) is 1.76. The zero-order valence-corrected chi connectivity index (χ0v) is 6.94. The smallest absolute Gasteiger partial charge is 0.212 e. The van der Waals surface area contributed by atoms with E-state index in [1.54, 1.807) is 10.8 Å². The van der Waals surface area contributed by atoms with E-state index in [0.717, 1.165) is 10.9 Å². The predicted molar refractivity (Wildman–Crippen MR) is 50.4 cm³/mol. The fourth-order valence-corrected chi connectivity index (χ4v) is 1.43. The number of aliphatic hydroxyl groups excluding tert-OH is 1. The van der Waals surface area contributed by atoms with E-state index in [9.17, 15) is 0 Å². The van der Waals surface area contributed by atoms with Gasteiger partial charge < -0.3 is 9.67 Å². The summed E-state index contributed by atoms with van der Waals surface area (Å²) in [5, 5.41) is 9.90. The highest BCUT2D eigenvalue weighted by Crippen LogP contribution is 2.27. The van der Waals surface area contributed by atoms with E-state index in [1.165, 1.54) is 0 Å². The Balaban J connectivity index is 2.84. The lowest BCUT2D eigenvalue weighted by molar-refractivity contribution is 0.215. The van der Waals surface area contributed by atoms with Crippen LogP contribution in [0.4, 0.5) is 5.69 Å². The number of aliphatic hydroxyl groups is 1. The second-order valence-electron chi connectivity index (χ2n) is 2.75. The first kappa shape index (κ1) is 7.84. The molecule has 0 aliphatic heterocycles. The molecule has 1 N–H and O–H groups in total. The molecule has 1 aromatic heterocycles. The minimum absolute atomic E-state index is 0.0873. The molecule has 3 nitrogen and oxygen atoms in total. The average Bonchev–Trinajstić information content (AvgIpc) is 2.56. The van der Waals surface area contributed by atoms with Crippen molar-refractivity contribution < 1.29 is 5.11 Å². The highest BCUT2D eigenvalue weighted by atomic mass is 16.3. The lowest BCUT2D eigenvalue weighted by Crippen LogP contribution is -1.92. The molecule has 0 unspecified atom stereocenters. The molecule has 1 heterocycles. The van der Waals surface area contributed by atoms with Crippen LogP contribution in [0.25, 0.3) is 15.7 Å². The summed E-state index contributed by atoms with van der Waals surface area (Å²) in [4.78, 5) is 3.39. The minimum atomic E-state index is -0.0873. The maximum absolute atomic E-state index is 9.00. The minimum Gasteiger partial charge on any atom is -0.376 e. The number of hydrogen-bond acceptors (Lipinski definition) is 1. The van der Waals surface area contributed by atoms with Gasteiger partial charge in [-0.2, -0.15) is 0 Å². The van der Waals surface area contributed by atoms with Crippen LogP contribution in [0.5, 0.6) is 0 Å². The first-order valence-electron chi connectivity index (χ1n) is 3.93. The second-order valence-corrected chi connectivity index (χ2v) is 2.75. The van der Waals surface area contributed by atoms with Crippen LogP contribution in [0.1, 0.15) is 0 Å². The third kappa shape index (κ3) is 1.08. The van der Waals surface area contributed by atoms with Crippen molar-refractivity contribution in [3.8, 4) is 0 Å². The van der Waals surface area contributed by atoms with Gasteiger partial charge in [-0.25, -0.2) is 4.85 Å². The summed E-state index contributed by atoms with van der Waals surface area (Å²) in [5.41, 5.74) is 1.49. The fraction of sp³-hybridized carbons (Fsp3) is 0.100. The Bertz CT molecular complexity index is 479. The van der Waals surface area contributed by atoms with Crippen molar-refractivity contribution in [2.24, 2.45) is 0 Å². The molecule has 3 heteroatoms. The van der Waals surface area contributed by atoms with Crippen LogP contribution in [0, 0.1) is 6.57 Å². The van der Waals surface area contributed by atoms with E-state index in [1.807, 2.05) is 24.3 Å². The van der Waals surface area contributed by atoms with Gasteiger partial charge >= 0.3 is 0 Å². The standard InChI is InChI=1S/C10H8N2O/c1-11-9-6-12(7-13)10-5-3-2-4-8(9)10/h2-6,13H,7H2. The zero-order chi connectivity index (χ0) is 9.26. The van der Waals surface area contributed by atoms with Crippen LogP contribution in [0.3, 0.4) is 0 Å². The average molecular weight is 172 g/mol. The third-order valence-electron chi connectivity index (χ3n) is 2.04. The van der Waals surface area contributed by atoms with Crippen molar-refractivity contribution in [3.05, 3.63) is 41.9 Å². The maximum atomic E-state index is 9.00. The SMILES string of the molecule is [C-]#[N+]c1cn(CO)c2ccccc12. The number of rotatable bonds is 1. The topological polar surface area (TPSA) is 29.5 Å². The normalized spacial score (nSPS) is 10.2. The Morgan fingerprint density at radius 3 is 2.85 bits per heavy atom. The van der Waals surface area contributed by atoms with Gasteiger partial charge in [0.25, 0.3) is 0 Å². The molecule has 0 amide bonds. The van der Waals surface area contributed by atoms with Gasteiger partial charge in [0.05, 0.1) is 6.57 Å². The number of fused-ring (bicyclic) bond motifs is 1. The molecule has 0 aliphatic rings. The molecule has 64 valence electrons. The molecule has 0 bridgehead atoms. The molecule has 0 atom stereocenters. The first-order chi connectivity index (χ1) is 6.36. The van der Waals surface area contributed by atoms with Crippen LogP contribution in [0.15, 0.2) is 30.5 Å². The van der Waals surface area contributed by atoms with Crippen molar-refractivity contribution in [2.45, 2.75) is 6.73 Å². The lowest BCUT2D eigenvalue weighted by atomic mass is 10.2. The molecule has 0 spiro atoms. The number of para-hydroxylation sites is 1. The molecular weight excluding hydrogens is 164 g/mol. The summed E-state index contributed by atoms with van der Waals surface area (Å²) in [6, 6.07) is 7.55. The molecule has 13 heavy (non-hydrogen) atoms. The molecule has 0 fully saturated rings. The molecule has 1 aromatic carbocycles. The van der Waals surface area contributed by atoms with Crippen LogP contribution in [-0.4, -0.2) is 9.67 Å². The van der Waals surface area contributed by atoms with Crippen LogP contribution >= 0.6 is 0 Å². The zero-order valence-electron chi connectivity index (χ0n) is 6.94. The second kappa shape index (κ2) is 2.92. The summed E-state index contributed by atoms with van der Waals surface area (Å²) in [6.07, 6.45) is 1.66. The van der Waals surface area contributed by atoms with Crippen molar-refractivity contribution >= 4 is 16.6 Å². The molecule has 0 saturated carbocycles. The van der Waals surface area contributed by atoms with E-state index in [-0.39, 0.29) is 6.73 Å². The van der Waals surface area contributed by atoms with Crippen LogP contribution < -0.4 is 0 Å². The molecule has 0 saturated heterocycles. The Morgan fingerprint density at radius 2 is 2.15 bits per heavy atom. The molecular formula is C10H8N2O. The number of nitrogens with zero attached hydrogens (tertiary/aromatic N) is 2. The summed E-state index contributed by atoms with van der Waals surface area (Å²) >= 11 is 0. The third-order valence-corrected chi connectivity index (χ3v) is 2.04. The van der Waals surface area contributed by atoms with E-state index in [4.69, 9.17) is 11.7 Å². The van der Waals surface area contributed by atoms with Gasteiger partial charge in [0.2, 0.25) is 5.69 Å². The van der Waals surface area contributed by atoms with Gasteiger partial charge in [-0.1, -0.05) is 18.2 Å². The van der Waals surface area contributed by atoms with Gasteiger partial charge in [0, 0.05) is 17.1 Å². The van der Waals surface area contributed by atoms with Crippen LogP contribution in [-0.2, 0) is 6.73 Å². The van der Waals surface area contributed by atoms with Gasteiger partial charge in [-0.3, -0.25) is 0 Å². The van der Waals surface area contributed by atoms with Crippen LogP contribution in [0.2, 0.25) is 0 Å². The quantitative estimate of drug-likeness (QED) is 0.656. The Hall–Kier alpha value is -1.79. The predicted octanol–water partition coefficient (Wildman–Crippen LogP) is 2.14. The first-order valence-corrected chi connectivity index (χ1v) is 3.93. The van der Waals surface area contributed by atoms with Crippen molar-refractivity contribution in [2.75, 3.05) is 0 Å². The van der Waals surface area contributed by atoms with E-state index in [2.05, 4.69) is 4.85 Å². The highest BCUT2D eigenvalue weighted by molar-refractivity contribution is 5.93. The molecule has 2 rings (SSSR count). The van der Waals surface area contributed by atoms with E-state index < -0.39 is 0 Å². The summed E-state index contributed by atoms with van der Waals surface area (Å²) in [5.74, 6) is 0. The van der Waals surface area contributed by atoms with Gasteiger partial charge in [-0.05, 0) is 6.07 Å². The number of benzene rings is 1. The Morgan fingerprint density at radius 1 is 1.38 bits per heavy atom. The fourth-order valence-electron chi connectivity index (χ4n) is 1.43. The van der Waals surface area contributed by atoms with Gasteiger partial charge in [0.1, 0.15) is 6.73 Å². The largest absolute Gasteiger partial charge is 0.376 e. The number of aromatic nitrogens is 1. The van der Waals surface area contributed by atoms with Crippen molar-refractivity contribution in [1.29, 1.82) is 0 Å². The van der Waals surface area contributed by atoms with Crippen molar-refractivity contribution in [1.82, 2.24) is 4.57 Å². The van der Waals surface area contributed by atoms with Crippen molar-refractivity contribution in [3.63, 3.8) is 0 Å². The van der Waals surface area contributed by atoms with Gasteiger partial charge in [-0.15, -0.1) is 0 Å². The van der Waals surface area contributed by atoms with E-state index in [0.29, 0.717) is 5.69 Å². The highest BCUT2D eigenvalue weighted by Gasteiger charge is 2.05. The molecule has 0 radical (unpaired) electrons. The molecule has 2 aromatic rings. The summed E-state index contributed by atoms with van der Waals surface area (Å²) in [7, 11) is 0. The molecule has 0 aliphatic carbocycles. The summed E-state index contributed by atoms with van der Waals surface area (Å²) in [6.45, 7) is 6.86. The maximum Gasteiger partial charge on any atom is 0.212 e. The monoisotopic (exact) mass is 172 g/mol. The lowest BCUT2D eigenvalue weighted by Gasteiger charge is -1.97. The van der Waals surface area contributed by atoms with E-state index >= 15 is 0 Å². The Labute approximate surface area is 75.7 Å².